The third-order valence-corrected chi connectivity index (χ3v) is 3.66. The van der Waals surface area contributed by atoms with Gasteiger partial charge in [0.15, 0.2) is 0 Å². The molecule has 0 spiro atoms. The number of halogens is 2. The maximum absolute atomic E-state index is 13.4. The van der Waals surface area contributed by atoms with Crippen LogP contribution in [0.4, 0.5) is 4.39 Å². The Hall–Kier alpha value is -0.670. The standard InChI is InChI=1S/C14H17BrFN/c1-17-14(10-5-3-2-4-6-10)11-7-12(15)9-13(16)8-11/h5,7-9,14,17H,2-4,6H2,1H3. The van der Waals surface area contributed by atoms with Crippen molar-refractivity contribution >= 4 is 15.9 Å². The van der Waals surface area contributed by atoms with E-state index in [2.05, 4.69) is 27.3 Å². The van der Waals surface area contributed by atoms with E-state index in [0.29, 0.717) is 0 Å². The largest absolute Gasteiger partial charge is 0.310 e. The Kier molecular flexibility index (Phi) is 4.35. The molecule has 1 unspecified atom stereocenters. The van der Waals surface area contributed by atoms with Gasteiger partial charge in [0.1, 0.15) is 5.82 Å². The SMILES string of the molecule is CNC(C1=CCCCC1)c1cc(F)cc(Br)c1. The predicted octanol–water partition coefficient (Wildman–Crippen LogP) is 4.35. The molecule has 1 aliphatic rings. The molecule has 92 valence electrons. The fourth-order valence-electron chi connectivity index (χ4n) is 2.43. The lowest BCUT2D eigenvalue weighted by Gasteiger charge is -2.23. The average Bonchev–Trinajstić information content (AvgIpc) is 2.30. The van der Waals surface area contributed by atoms with Crippen LogP contribution in [0.3, 0.4) is 0 Å². The van der Waals surface area contributed by atoms with E-state index < -0.39 is 0 Å². The lowest BCUT2D eigenvalue weighted by Crippen LogP contribution is -2.20. The van der Waals surface area contributed by atoms with Crippen LogP contribution in [0.25, 0.3) is 0 Å². The normalized spacial score (nSPS) is 17.7. The second-order valence-electron chi connectivity index (χ2n) is 4.45. The van der Waals surface area contributed by atoms with Gasteiger partial charge in [-0.3, -0.25) is 0 Å². The molecule has 0 fully saturated rings. The summed E-state index contributed by atoms with van der Waals surface area (Å²) in [5.41, 5.74) is 2.38. The van der Waals surface area contributed by atoms with Crippen molar-refractivity contribution in [1.82, 2.24) is 5.32 Å². The van der Waals surface area contributed by atoms with Gasteiger partial charge in [-0.25, -0.2) is 4.39 Å². The highest BCUT2D eigenvalue weighted by atomic mass is 79.9. The second-order valence-corrected chi connectivity index (χ2v) is 5.36. The van der Waals surface area contributed by atoms with E-state index in [0.717, 1.165) is 22.9 Å². The summed E-state index contributed by atoms with van der Waals surface area (Å²) < 4.78 is 14.2. The molecule has 0 heterocycles. The van der Waals surface area contributed by atoms with E-state index in [1.807, 2.05) is 13.1 Å². The Bertz CT molecular complexity index is 408. The van der Waals surface area contributed by atoms with Crippen molar-refractivity contribution in [3.63, 3.8) is 0 Å². The maximum atomic E-state index is 13.4. The average molecular weight is 298 g/mol. The zero-order chi connectivity index (χ0) is 12.3. The first-order valence-electron chi connectivity index (χ1n) is 6.03. The van der Waals surface area contributed by atoms with Crippen molar-refractivity contribution < 1.29 is 4.39 Å². The van der Waals surface area contributed by atoms with E-state index in [-0.39, 0.29) is 11.9 Å². The smallest absolute Gasteiger partial charge is 0.124 e. The zero-order valence-electron chi connectivity index (χ0n) is 9.97. The van der Waals surface area contributed by atoms with Gasteiger partial charge in [0.05, 0.1) is 6.04 Å². The Balaban J connectivity index is 2.31. The molecule has 0 radical (unpaired) electrons. The van der Waals surface area contributed by atoms with Crippen LogP contribution >= 0.6 is 15.9 Å². The molecular formula is C14H17BrFN. The van der Waals surface area contributed by atoms with Gasteiger partial charge >= 0.3 is 0 Å². The first-order chi connectivity index (χ1) is 8.20. The van der Waals surface area contributed by atoms with Crippen LogP contribution in [0.5, 0.6) is 0 Å². The zero-order valence-corrected chi connectivity index (χ0v) is 11.6. The summed E-state index contributed by atoms with van der Waals surface area (Å²) in [4.78, 5) is 0. The quantitative estimate of drug-likeness (QED) is 0.818. The van der Waals surface area contributed by atoms with Crippen LogP contribution in [0.15, 0.2) is 34.3 Å². The highest BCUT2D eigenvalue weighted by Gasteiger charge is 2.17. The van der Waals surface area contributed by atoms with Gasteiger partial charge in [-0.15, -0.1) is 0 Å². The van der Waals surface area contributed by atoms with Crippen LogP contribution < -0.4 is 5.32 Å². The molecule has 0 aliphatic heterocycles. The number of allylic oxidation sites excluding steroid dienone is 1. The van der Waals surface area contributed by atoms with Gasteiger partial charge in [0.25, 0.3) is 0 Å². The van der Waals surface area contributed by atoms with Crippen molar-refractivity contribution in [2.45, 2.75) is 31.7 Å². The Morgan fingerprint density at radius 3 is 2.71 bits per heavy atom. The molecule has 1 N–H and O–H groups in total. The van der Waals surface area contributed by atoms with Gasteiger partial charge in [-0.05, 0) is 56.5 Å². The molecule has 1 aliphatic carbocycles. The highest BCUT2D eigenvalue weighted by Crippen LogP contribution is 2.31. The summed E-state index contributed by atoms with van der Waals surface area (Å²) in [7, 11) is 1.93. The predicted molar refractivity (Wildman–Crippen MR) is 72.5 cm³/mol. The van der Waals surface area contributed by atoms with Crippen LogP contribution in [0.1, 0.15) is 37.3 Å². The third-order valence-electron chi connectivity index (χ3n) is 3.20. The molecule has 0 bridgehead atoms. The minimum atomic E-state index is -0.189. The highest BCUT2D eigenvalue weighted by molar-refractivity contribution is 9.10. The van der Waals surface area contributed by atoms with Gasteiger partial charge in [0, 0.05) is 4.47 Å². The molecule has 0 saturated heterocycles. The Morgan fingerprint density at radius 1 is 1.29 bits per heavy atom. The fourth-order valence-corrected chi connectivity index (χ4v) is 2.92. The number of hydrogen-bond acceptors (Lipinski definition) is 1. The molecule has 0 amide bonds. The van der Waals surface area contributed by atoms with Gasteiger partial charge in [0.2, 0.25) is 0 Å². The molecule has 3 heteroatoms. The number of likely N-dealkylation sites (N-methyl/N-ethyl adjacent to an activating group) is 1. The second kappa shape index (κ2) is 5.78. The van der Waals surface area contributed by atoms with E-state index in [1.165, 1.54) is 24.5 Å². The monoisotopic (exact) mass is 297 g/mol. The molecule has 1 nitrogen and oxygen atoms in total. The first kappa shape index (κ1) is 12.8. The van der Waals surface area contributed by atoms with E-state index in [1.54, 1.807) is 6.07 Å². The van der Waals surface area contributed by atoms with Crippen LogP contribution in [0, 0.1) is 5.82 Å². The molecule has 0 saturated carbocycles. The third kappa shape index (κ3) is 3.17. The molecule has 1 aromatic rings. The molecular weight excluding hydrogens is 281 g/mol. The Morgan fingerprint density at radius 2 is 2.12 bits per heavy atom. The van der Waals surface area contributed by atoms with Crippen molar-refractivity contribution in [1.29, 1.82) is 0 Å². The van der Waals surface area contributed by atoms with Crippen LogP contribution in [0.2, 0.25) is 0 Å². The fraction of sp³-hybridized carbons (Fsp3) is 0.429. The summed E-state index contributed by atoms with van der Waals surface area (Å²) in [5.74, 6) is -0.189. The summed E-state index contributed by atoms with van der Waals surface area (Å²) in [6.07, 6.45) is 7.06. The topological polar surface area (TPSA) is 12.0 Å². The lowest BCUT2D eigenvalue weighted by atomic mass is 9.90. The molecule has 1 atom stereocenters. The number of nitrogens with one attached hydrogen (secondary N) is 1. The number of rotatable bonds is 3. The lowest BCUT2D eigenvalue weighted by molar-refractivity contribution is 0.582. The van der Waals surface area contributed by atoms with Crippen molar-refractivity contribution in [3.8, 4) is 0 Å². The van der Waals surface area contributed by atoms with Crippen molar-refractivity contribution in [2.24, 2.45) is 0 Å². The van der Waals surface area contributed by atoms with Crippen molar-refractivity contribution in [2.75, 3.05) is 7.05 Å². The van der Waals surface area contributed by atoms with Gasteiger partial charge in [-0.2, -0.15) is 0 Å². The Labute approximate surface area is 110 Å². The van der Waals surface area contributed by atoms with E-state index >= 15 is 0 Å². The van der Waals surface area contributed by atoms with E-state index in [4.69, 9.17) is 0 Å². The molecule has 17 heavy (non-hydrogen) atoms. The summed E-state index contributed by atoms with van der Waals surface area (Å²) >= 11 is 3.35. The summed E-state index contributed by atoms with van der Waals surface area (Å²) in [5, 5.41) is 3.29. The van der Waals surface area contributed by atoms with Crippen LogP contribution in [-0.4, -0.2) is 7.05 Å². The van der Waals surface area contributed by atoms with Crippen LogP contribution in [-0.2, 0) is 0 Å². The van der Waals surface area contributed by atoms with E-state index in [9.17, 15) is 4.39 Å². The number of benzene rings is 1. The minimum absolute atomic E-state index is 0.141. The molecule has 0 aromatic heterocycles. The first-order valence-corrected chi connectivity index (χ1v) is 6.82. The maximum Gasteiger partial charge on any atom is 0.124 e. The minimum Gasteiger partial charge on any atom is -0.310 e. The molecule has 1 aromatic carbocycles. The molecule has 2 rings (SSSR count). The number of hydrogen-bond donors (Lipinski definition) is 1. The summed E-state index contributed by atoms with van der Waals surface area (Å²) in [6.45, 7) is 0. The van der Waals surface area contributed by atoms with Gasteiger partial charge in [-0.1, -0.05) is 27.6 Å². The van der Waals surface area contributed by atoms with Gasteiger partial charge < -0.3 is 5.32 Å². The van der Waals surface area contributed by atoms with Crippen molar-refractivity contribution in [3.05, 3.63) is 45.7 Å². The summed E-state index contributed by atoms with van der Waals surface area (Å²) in [6, 6.07) is 5.23.